The molecule has 0 spiro atoms. The molecule has 2 aliphatic heterocycles. The molecule has 0 amide bonds. The standard InChI is InChI=1S/C23H27N/c1-3-7-17(8-4-1)21-15-13-19-11-12-20-14-16-22(24(21)23(19)20)18-9-5-2-6-10-18/h1-10,19-23H,11-16H2/t19-,20+,21-,22+,23?. The first-order chi connectivity index (χ1) is 11.9. The van der Waals surface area contributed by atoms with Gasteiger partial charge in [0.2, 0.25) is 0 Å². The highest BCUT2D eigenvalue weighted by Gasteiger charge is 2.50. The number of rotatable bonds is 2. The number of hydrogen-bond acceptors (Lipinski definition) is 1. The van der Waals surface area contributed by atoms with Gasteiger partial charge in [0, 0.05) is 18.1 Å². The molecular formula is C23H27N. The van der Waals surface area contributed by atoms with Gasteiger partial charge in [0.25, 0.3) is 0 Å². The van der Waals surface area contributed by atoms with Gasteiger partial charge in [0.1, 0.15) is 0 Å². The van der Waals surface area contributed by atoms with E-state index in [1.165, 1.54) is 49.7 Å². The van der Waals surface area contributed by atoms with Crippen LogP contribution >= 0.6 is 0 Å². The first-order valence-corrected chi connectivity index (χ1v) is 9.79. The fourth-order valence-electron chi connectivity index (χ4n) is 5.97. The van der Waals surface area contributed by atoms with Crippen molar-refractivity contribution in [2.24, 2.45) is 11.8 Å². The van der Waals surface area contributed by atoms with E-state index in [9.17, 15) is 0 Å². The smallest absolute Gasteiger partial charge is 0.0357 e. The first kappa shape index (κ1) is 14.7. The summed E-state index contributed by atoms with van der Waals surface area (Å²) in [5, 5.41) is 0. The fraction of sp³-hybridized carbons (Fsp3) is 0.478. The highest BCUT2D eigenvalue weighted by atomic mass is 15.2. The molecule has 3 aliphatic rings. The van der Waals surface area contributed by atoms with Gasteiger partial charge in [-0.1, -0.05) is 60.7 Å². The Balaban J connectivity index is 1.57. The molecule has 2 heterocycles. The molecular weight excluding hydrogens is 290 g/mol. The Morgan fingerprint density at radius 2 is 0.958 bits per heavy atom. The Kier molecular flexibility index (Phi) is 3.70. The third-order valence-electron chi connectivity index (χ3n) is 6.93. The maximum absolute atomic E-state index is 2.96. The van der Waals surface area contributed by atoms with Gasteiger partial charge >= 0.3 is 0 Å². The van der Waals surface area contributed by atoms with Crippen LogP contribution in [0.2, 0.25) is 0 Å². The van der Waals surface area contributed by atoms with E-state index in [-0.39, 0.29) is 0 Å². The van der Waals surface area contributed by atoms with Gasteiger partial charge in [-0.25, -0.2) is 0 Å². The van der Waals surface area contributed by atoms with E-state index >= 15 is 0 Å². The summed E-state index contributed by atoms with van der Waals surface area (Å²) in [6.45, 7) is 0. The third kappa shape index (κ3) is 2.33. The first-order valence-electron chi connectivity index (χ1n) is 9.79. The molecule has 124 valence electrons. The average Bonchev–Trinajstić information content (AvgIpc) is 3.08. The van der Waals surface area contributed by atoms with E-state index in [2.05, 4.69) is 65.6 Å². The van der Waals surface area contributed by atoms with Crippen LogP contribution in [0.4, 0.5) is 0 Å². The maximum Gasteiger partial charge on any atom is 0.0357 e. The summed E-state index contributed by atoms with van der Waals surface area (Å²) < 4.78 is 0. The summed E-state index contributed by atoms with van der Waals surface area (Å²) in [6.07, 6.45) is 8.46. The van der Waals surface area contributed by atoms with Crippen molar-refractivity contribution in [1.29, 1.82) is 0 Å². The zero-order valence-corrected chi connectivity index (χ0v) is 14.4. The number of nitrogens with zero attached hydrogens (tertiary/aromatic N) is 1. The average molecular weight is 317 g/mol. The van der Waals surface area contributed by atoms with Crippen LogP contribution in [0.15, 0.2) is 60.7 Å². The number of benzene rings is 2. The molecule has 1 aliphatic carbocycles. The van der Waals surface area contributed by atoms with E-state index in [1.807, 2.05) is 0 Å². The van der Waals surface area contributed by atoms with E-state index in [1.54, 1.807) is 0 Å². The largest absolute Gasteiger partial charge is 0.286 e. The summed E-state index contributed by atoms with van der Waals surface area (Å²) in [6, 6.07) is 24.6. The molecule has 24 heavy (non-hydrogen) atoms. The van der Waals surface area contributed by atoms with Crippen molar-refractivity contribution in [2.45, 2.75) is 56.7 Å². The molecule has 1 saturated carbocycles. The van der Waals surface area contributed by atoms with Gasteiger partial charge in [-0.2, -0.15) is 0 Å². The molecule has 1 unspecified atom stereocenters. The molecule has 2 aromatic carbocycles. The van der Waals surface area contributed by atoms with E-state index < -0.39 is 0 Å². The lowest BCUT2D eigenvalue weighted by Crippen LogP contribution is -2.52. The highest BCUT2D eigenvalue weighted by molar-refractivity contribution is 5.26. The normalized spacial score (nSPS) is 35.6. The molecule has 0 aromatic heterocycles. The van der Waals surface area contributed by atoms with Crippen molar-refractivity contribution < 1.29 is 0 Å². The Morgan fingerprint density at radius 1 is 0.542 bits per heavy atom. The van der Waals surface area contributed by atoms with Crippen molar-refractivity contribution in [3.63, 3.8) is 0 Å². The lowest BCUT2D eigenvalue weighted by molar-refractivity contribution is -0.0388. The Hall–Kier alpha value is -1.60. The van der Waals surface area contributed by atoms with Crippen LogP contribution in [0, 0.1) is 11.8 Å². The molecule has 2 aromatic rings. The molecule has 3 fully saturated rings. The van der Waals surface area contributed by atoms with E-state index in [0.29, 0.717) is 12.1 Å². The lowest BCUT2D eigenvalue weighted by atomic mass is 9.75. The van der Waals surface area contributed by atoms with Gasteiger partial charge in [0.15, 0.2) is 0 Å². The topological polar surface area (TPSA) is 3.24 Å². The van der Waals surface area contributed by atoms with Gasteiger partial charge in [-0.3, -0.25) is 4.90 Å². The quantitative estimate of drug-likeness (QED) is 0.681. The summed E-state index contributed by atoms with van der Waals surface area (Å²) in [4.78, 5) is 2.96. The van der Waals surface area contributed by atoms with Crippen molar-refractivity contribution in [1.82, 2.24) is 4.90 Å². The summed E-state index contributed by atoms with van der Waals surface area (Å²) in [5.74, 6) is 1.89. The zero-order valence-electron chi connectivity index (χ0n) is 14.4. The van der Waals surface area contributed by atoms with Crippen molar-refractivity contribution in [3.05, 3.63) is 71.8 Å². The van der Waals surface area contributed by atoms with Crippen LogP contribution in [0.3, 0.4) is 0 Å². The Bertz CT molecular complexity index is 620. The van der Waals surface area contributed by atoms with Crippen LogP contribution in [0.5, 0.6) is 0 Å². The molecule has 1 heteroatoms. The van der Waals surface area contributed by atoms with Gasteiger partial charge < -0.3 is 0 Å². The number of piperidine rings is 2. The second-order valence-corrected chi connectivity index (χ2v) is 8.04. The van der Waals surface area contributed by atoms with Crippen molar-refractivity contribution >= 4 is 0 Å². The molecule has 0 bridgehead atoms. The predicted molar refractivity (Wildman–Crippen MR) is 98.7 cm³/mol. The van der Waals surface area contributed by atoms with Crippen LogP contribution in [0.25, 0.3) is 0 Å². The molecule has 2 saturated heterocycles. The molecule has 1 nitrogen and oxygen atoms in total. The van der Waals surface area contributed by atoms with Crippen LogP contribution in [-0.4, -0.2) is 10.9 Å². The van der Waals surface area contributed by atoms with Crippen LogP contribution in [0.1, 0.15) is 61.7 Å². The predicted octanol–water partition coefficient (Wildman–Crippen LogP) is 5.75. The lowest BCUT2D eigenvalue weighted by Gasteiger charge is -2.53. The Labute approximate surface area is 145 Å². The Morgan fingerprint density at radius 3 is 1.42 bits per heavy atom. The van der Waals surface area contributed by atoms with Crippen molar-refractivity contribution in [2.75, 3.05) is 0 Å². The van der Waals surface area contributed by atoms with Gasteiger partial charge in [-0.05, 0) is 61.5 Å². The third-order valence-corrected chi connectivity index (χ3v) is 6.93. The molecule has 5 rings (SSSR count). The van der Waals surface area contributed by atoms with Crippen LogP contribution in [-0.2, 0) is 0 Å². The molecule has 5 atom stereocenters. The van der Waals surface area contributed by atoms with Gasteiger partial charge in [0.05, 0.1) is 0 Å². The van der Waals surface area contributed by atoms with Crippen molar-refractivity contribution in [3.8, 4) is 0 Å². The van der Waals surface area contributed by atoms with E-state index in [0.717, 1.165) is 17.9 Å². The minimum atomic E-state index is 0.610. The second-order valence-electron chi connectivity index (χ2n) is 8.04. The SMILES string of the molecule is c1ccc([C@H]2CC[C@H]3CC[C@H]4CC[C@@H](c5ccccc5)N2C34)cc1. The maximum atomic E-state index is 2.96. The van der Waals surface area contributed by atoms with Gasteiger partial charge in [-0.15, -0.1) is 0 Å². The summed E-state index contributed by atoms with van der Waals surface area (Å²) in [5.41, 5.74) is 3.06. The minimum absolute atomic E-state index is 0.610. The monoisotopic (exact) mass is 317 g/mol. The molecule has 0 radical (unpaired) electrons. The summed E-state index contributed by atoms with van der Waals surface area (Å²) in [7, 11) is 0. The number of hydrogen-bond donors (Lipinski definition) is 0. The zero-order chi connectivity index (χ0) is 15.9. The van der Waals surface area contributed by atoms with Crippen LogP contribution < -0.4 is 0 Å². The molecule has 0 N–H and O–H groups in total. The minimum Gasteiger partial charge on any atom is -0.286 e. The highest BCUT2D eigenvalue weighted by Crippen LogP contribution is 2.55. The second kappa shape index (κ2) is 6.04. The summed E-state index contributed by atoms with van der Waals surface area (Å²) >= 11 is 0. The fourth-order valence-corrected chi connectivity index (χ4v) is 5.97. The van der Waals surface area contributed by atoms with E-state index in [4.69, 9.17) is 0 Å².